The monoisotopic (exact) mass is 406 g/mol. The van der Waals surface area contributed by atoms with E-state index >= 15 is 0 Å². The van der Waals surface area contributed by atoms with Crippen LogP contribution in [-0.2, 0) is 9.47 Å². The molecule has 8 nitrogen and oxygen atoms in total. The van der Waals surface area contributed by atoms with Gasteiger partial charge in [0.25, 0.3) is 0 Å². The van der Waals surface area contributed by atoms with Crippen molar-refractivity contribution in [2.45, 2.75) is 0 Å². The molecule has 0 spiro atoms. The molecule has 0 saturated heterocycles. The second kappa shape index (κ2) is 9.83. The number of carbonyl (C=O) groups excluding carboxylic acids is 2. The summed E-state index contributed by atoms with van der Waals surface area (Å²) in [7, 11) is 2.55. The summed E-state index contributed by atoms with van der Waals surface area (Å²) in [4.78, 5) is 23.7. The number of para-hydroxylation sites is 2. The summed E-state index contributed by atoms with van der Waals surface area (Å²) in [5, 5.41) is 11.9. The van der Waals surface area contributed by atoms with Crippen molar-refractivity contribution >= 4 is 46.3 Å². The van der Waals surface area contributed by atoms with Crippen LogP contribution >= 0.6 is 0 Å². The second-order valence-corrected chi connectivity index (χ2v) is 6.16. The molecule has 154 valence electrons. The van der Waals surface area contributed by atoms with Crippen molar-refractivity contribution < 1.29 is 19.1 Å². The summed E-state index contributed by atoms with van der Waals surface area (Å²) in [6, 6.07) is 22.4. The average Bonchev–Trinajstić information content (AvgIpc) is 2.77. The molecule has 3 rings (SSSR count). The lowest BCUT2D eigenvalue weighted by Crippen LogP contribution is -2.15. The van der Waals surface area contributed by atoms with E-state index < -0.39 is 12.2 Å². The number of rotatable bonds is 6. The van der Waals surface area contributed by atoms with Gasteiger partial charge in [-0.25, -0.2) is 9.59 Å². The van der Waals surface area contributed by atoms with Gasteiger partial charge in [-0.1, -0.05) is 36.4 Å². The Balaban J connectivity index is 2.05. The molecular weight excluding hydrogens is 384 g/mol. The van der Waals surface area contributed by atoms with E-state index in [4.69, 9.17) is 9.47 Å². The van der Waals surface area contributed by atoms with Crippen LogP contribution < -0.4 is 21.3 Å². The highest BCUT2D eigenvalue weighted by Gasteiger charge is 2.15. The first-order valence-corrected chi connectivity index (χ1v) is 9.11. The molecule has 30 heavy (non-hydrogen) atoms. The largest absolute Gasteiger partial charge is 0.453 e. The molecule has 0 atom stereocenters. The van der Waals surface area contributed by atoms with Crippen LogP contribution in [0.25, 0.3) is 0 Å². The first-order valence-electron chi connectivity index (χ1n) is 9.11. The number of anilines is 6. The fourth-order valence-electron chi connectivity index (χ4n) is 2.69. The van der Waals surface area contributed by atoms with Crippen LogP contribution in [0.5, 0.6) is 0 Å². The lowest BCUT2D eigenvalue weighted by atomic mass is 10.1. The van der Waals surface area contributed by atoms with Gasteiger partial charge >= 0.3 is 12.2 Å². The number of amides is 2. The van der Waals surface area contributed by atoms with E-state index in [1.165, 1.54) is 14.2 Å². The van der Waals surface area contributed by atoms with Crippen molar-refractivity contribution in [2.24, 2.45) is 0 Å². The summed E-state index contributed by atoms with van der Waals surface area (Å²) in [6.45, 7) is 0. The topological polar surface area (TPSA) is 101 Å². The van der Waals surface area contributed by atoms with E-state index in [0.29, 0.717) is 22.7 Å². The van der Waals surface area contributed by atoms with Crippen LogP contribution in [0.1, 0.15) is 0 Å². The minimum Gasteiger partial charge on any atom is -0.453 e. The van der Waals surface area contributed by atoms with E-state index in [0.717, 1.165) is 11.4 Å². The van der Waals surface area contributed by atoms with Gasteiger partial charge < -0.3 is 20.1 Å². The van der Waals surface area contributed by atoms with Gasteiger partial charge in [-0.15, -0.1) is 0 Å². The second-order valence-electron chi connectivity index (χ2n) is 6.16. The summed E-state index contributed by atoms with van der Waals surface area (Å²) in [5.41, 5.74) is 3.67. The molecular formula is C22H22N4O4. The van der Waals surface area contributed by atoms with E-state index in [1.54, 1.807) is 12.1 Å². The van der Waals surface area contributed by atoms with Gasteiger partial charge in [0.05, 0.1) is 37.0 Å². The zero-order valence-corrected chi connectivity index (χ0v) is 16.6. The zero-order chi connectivity index (χ0) is 21.3. The lowest BCUT2D eigenvalue weighted by molar-refractivity contribution is 0.186. The van der Waals surface area contributed by atoms with Crippen molar-refractivity contribution in [1.82, 2.24) is 0 Å². The minimum absolute atomic E-state index is 0.413. The molecule has 0 unspecified atom stereocenters. The van der Waals surface area contributed by atoms with Crippen molar-refractivity contribution in [3.63, 3.8) is 0 Å². The number of methoxy groups -OCH3 is 2. The molecule has 0 aliphatic heterocycles. The van der Waals surface area contributed by atoms with Crippen LogP contribution in [-0.4, -0.2) is 26.4 Å². The molecule has 0 aromatic heterocycles. The van der Waals surface area contributed by atoms with Crippen molar-refractivity contribution in [3.8, 4) is 0 Å². The smallest absolute Gasteiger partial charge is 0.411 e. The molecule has 0 radical (unpaired) electrons. The highest BCUT2D eigenvalue weighted by Crippen LogP contribution is 2.37. The van der Waals surface area contributed by atoms with E-state index in [1.807, 2.05) is 60.7 Å². The van der Waals surface area contributed by atoms with E-state index in [-0.39, 0.29) is 0 Å². The zero-order valence-electron chi connectivity index (χ0n) is 16.6. The Bertz CT molecular complexity index is 932. The van der Waals surface area contributed by atoms with Gasteiger partial charge in [0.1, 0.15) is 0 Å². The maximum Gasteiger partial charge on any atom is 0.411 e. The van der Waals surface area contributed by atoms with E-state index in [2.05, 4.69) is 21.3 Å². The van der Waals surface area contributed by atoms with Crippen LogP contribution in [0.2, 0.25) is 0 Å². The molecule has 4 N–H and O–H groups in total. The van der Waals surface area contributed by atoms with Gasteiger partial charge in [0.2, 0.25) is 0 Å². The van der Waals surface area contributed by atoms with Crippen LogP contribution in [0, 0.1) is 0 Å². The molecule has 0 bridgehead atoms. The third-order valence-corrected chi connectivity index (χ3v) is 4.11. The highest BCUT2D eigenvalue weighted by atomic mass is 16.5. The van der Waals surface area contributed by atoms with Crippen molar-refractivity contribution in [1.29, 1.82) is 0 Å². The fourth-order valence-corrected chi connectivity index (χ4v) is 2.69. The molecule has 3 aromatic carbocycles. The minimum atomic E-state index is -0.640. The van der Waals surface area contributed by atoms with Gasteiger partial charge in [-0.05, 0) is 36.4 Å². The normalized spacial score (nSPS) is 9.93. The molecule has 0 fully saturated rings. The molecule has 0 saturated carbocycles. The Morgan fingerprint density at radius 1 is 0.600 bits per heavy atom. The van der Waals surface area contributed by atoms with Gasteiger partial charge in [0.15, 0.2) is 0 Å². The Hall–Kier alpha value is -4.20. The highest BCUT2D eigenvalue weighted by molar-refractivity contribution is 5.98. The number of benzene rings is 3. The average molecular weight is 406 g/mol. The van der Waals surface area contributed by atoms with Crippen LogP contribution in [0.3, 0.4) is 0 Å². The van der Waals surface area contributed by atoms with Gasteiger partial charge in [0, 0.05) is 11.4 Å². The lowest BCUT2D eigenvalue weighted by Gasteiger charge is -2.19. The molecule has 0 aliphatic carbocycles. The molecule has 2 amide bonds. The summed E-state index contributed by atoms with van der Waals surface area (Å²) in [5.74, 6) is 0. The summed E-state index contributed by atoms with van der Waals surface area (Å²) in [6.07, 6.45) is -1.28. The maximum absolute atomic E-state index is 11.9. The first kappa shape index (κ1) is 20.5. The Labute approximate surface area is 174 Å². The predicted molar refractivity (Wildman–Crippen MR) is 118 cm³/mol. The van der Waals surface area contributed by atoms with Crippen molar-refractivity contribution in [2.75, 3.05) is 35.5 Å². The number of hydrogen-bond donors (Lipinski definition) is 4. The number of ether oxygens (including phenoxy) is 2. The van der Waals surface area contributed by atoms with Crippen LogP contribution in [0.15, 0.2) is 72.8 Å². The number of hydrogen-bond acceptors (Lipinski definition) is 6. The third-order valence-electron chi connectivity index (χ3n) is 4.11. The molecule has 0 heterocycles. The van der Waals surface area contributed by atoms with Gasteiger partial charge in [-0.2, -0.15) is 0 Å². The third kappa shape index (κ3) is 5.41. The predicted octanol–water partition coefficient (Wildman–Crippen LogP) is 5.53. The van der Waals surface area contributed by atoms with Crippen molar-refractivity contribution in [3.05, 3.63) is 72.8 Å². The first-order chi connectivity index (χ1) is 14.6. The van der Waals surface area contributed by atoms with Gasteiger partial charge in [-0.3, -0.25) is 10.6 Å². The fraction of sp³-hybridized carbons (Fsp3) is 0.0909. The summed E-state index contributed by atoms with van der Waals surface area (Å²) >= 11 is 0. The molecule has 8 heteroatoms. The Morgan fingerprint density at radius 3 is 1.33 bits per heavy atom. The standard InChI is InChI=1S/C22H22N4O4/c1-29-21(27)25-19-14-20(26-22(28)30-2)18(24-16-11-7-4-8-12-16)13-17(19)23-15-9-5-3-6-10-15/h3-14,23-24H,1-2H3,(H,25,27)(H,26,28). The molecule has 0 aliphatic rings. The Morgan fingerprint density at radius 2 is 0.967 bits per heavy atom. The van der Waals surface area contributed by atoms with E-state index in [9.17, 15) is 9.59 Å². The number of nitrogens with one attached hydrogen (secondary N) is 4. The SMILES string of the molecule is COC(=O)Nc1cc(NC(=O)OC)c(Nc2ccccc2)cc1Nc1ccccc1. The maximum atomic E-state index is 11.9. The Kier molecular flexibility index (Phi) is 6.73. The quantitative estimate of drug-likeness (QED) is 0.429. The summed E-state index contributed by atoms with van der Waals surface area (Å²) < 4.78 is 9.44. The number of carbonyl (C=O) groups is 2. The molecule has 3 aromatic rings. The van der Waals surface area contributed by atoms with Crippen LogP contribution in [0.4, 0.5) is 43.7 Å².